The van der Waals surface area contributed by atoms with Crippen molar-refractivity contribution in [3.05, 3.63) is 54.1 Å². The molecule has 0 radical (unpaired) electrons. The molecule has 1 heterocycles. The fourth-order valence-corrected chi connectivity index (χ4v) is 2.54. The Labute approximate surface area is 171 Å². The molecule has 1 N–H and O–H groups in total. The van der Waals surface area contributed by atoms with Crippen molar-refractivity contribution >= 4 is 29.9 Å². The summed E-state index contributed by atoms with van der Waals surface area (Å²) in [5, 5.41) is 3.35. The lowest BCUT2D eigenvalue weighted by Gasteiger charge is -2.22. The normalized spacial score (nSPS) is 12.3. The molecule has 0 unspecified atom stereocenters. The van der Waals surface area contributed by atoms with Crippen LogP contribution in [0.1, 0.15) is 5.56 Å². The zero-order chi connectivity index (χ0) is 17.5. The van der Waals surface area contributed by atoms with E-state index in [1.54, 1.807) is 7.05 Å². The second kappa shape index (κ2) is 10.1. The zero-order valence-corrected chi connectivity index (χ0v) is 17.3. The molecule has 7 heteroatoms. The molecule has 3 rings (SSSR count). The van der Waals surface area contributed by atoms with E-state index < -0.39 is 0 Å². The third-order valence-corrected chi connectivity index (χ3v) is 3.90. The average Bonchev–Trinajstić information content (AvgIpc) is 3.11. The summed E-state index contributed by atoms with van der Waals surface area (Å²) in [6.07, 6.45) is 0. The molecule has 0 amide bonds. The quantitative estimate of drug-likeness (QED) is 0.401. The highest BCUT2D eigenvalue weighted by molar-refractivity contribution is 14.0. The minimum atomic E-state index is 0. The maximum absolute atomic E-state index is 5.73. The number of nitrogens with one attached hydrogen (secondary N) is 1. The van der Waals surface area contributed by atoms with Crippen LogP contribution >= 0.6 is 24.0 Å². The molecule has 2 aromatic carbocycles. The van der Waals surface area contributed by atoms with Crippen LogP contribution in [0.25, 0.3) is 0 Å². The Bertz CT molecular complexity index is 725. The van der Waals surface area contributed by atoms with Gasteiger partial charge < -0.3 is 24.4 Å². The number of rotatable bonds is 6. The summed E-state index contributed by atoms with van der Waals surface area (Å²) in [6.45, 7) is 2.27. The highest BCUT2D eigenvalue weighted by Gasteiger charge is 2.13. The minimum absolute atomic E-state index is 0. The first kappa shape index (κ1) is 20.2. The number of fused-ring (bicyclic) bond motifs is 1. The van der Waals surface area contributed by atoms with Crippen LogP contribution in [0.5, 0.6) is 17.2 Å². The van der Waals surface area contributed by atoms with E-state index in [1.165, 1.54) is 0 Å². The van der Waals surface area contributed by atoms with Crippen LogP contribution < -0.4 is 19.5 Å². The number of benzene rings is 2. The van der Waals surface area contributed by atoms with Gasteiger partial charge in [-0.2, -0.15) is 0 Å². The predicted molar refractivity (Wildman–Crippen MR) is 113 cm³/mol. The second-order valence-electron chi connectivity index (χ2n) is 5.67. The van der Waals surface area contributed by atoms with E-state index >= 15 is 0 Å². The Morgan fingerprint density at radius 2 is 1.92 bits per heavy atom. The maximum Gasteiger partial charge on any atom is 0.231 e. The fourth-order valence-electron chi connectivity index (χ4n) is 2.54. The summed E-state index contributed by atoms with van der Waals surface area (Å²) in [4.78, 5) is 6.36. The number of para-hydroxylation sites is 1. The first-order valence-electron chi connectivity index (χ1n) is 8.24. The van der Waals surface area contributed by atoms with E-state index in [0.717, 1.165) is 35.3 Å². The van der Waals surface area contributed by atoms with E-state index in [-0.39, 0.29) is 30.8 Å². The molecule has 0 saturated heterocycles. The minimum Gasteiger partial charge on any atom is -0.492 e. The van der Waals surface area contributed by atoms with E-state index in [9.17, 15) is 0 Å². The van der Waals surface area contributed by atoms with Crippen LogP contribution in [0.3, 0.4) is 0 Å². The summed E-state index contributed by atoms with van der Waals surface area (Å²) in [7, 11) is 3.76. The highest BCUT2D eigenvalue weighted by atomic mass is 127. The first-order chi connectivity index (χ1) is 12.3. The van der Waals surface area contributed by atoms with Gasteiger partial charge in [0.15, 0.2) is 17.5 Å². The van der Waals surface area contributed by atoms with Crippen molar-refractivity contribution in [1.82, 2.24) is 10.2 Å². The molecule has 2 aromatic rings. The van der Waals surface area contributed by atoms with Crippen LogP contribution in [0, 0.1) is 0 Å². The molecular formula is C19H24IN3O3. The number of aliphatic imine (C=N–C) groups is 1. The monoisotopic (exact) mass is 469 g/mol. The molecule has 26 heavy (non-hydrogen) atoms. The molecule has 140 valence electrons. The van der Waals surface area contributed by atoms with Crippen molar-refractivity contribution in [3.8, 4) is 17.2 Å². The summed E-state index contributed by atoms with van der Waals surface area (Å²) in [5.41, 5.74) is 1.11. The third-order valence-electron chi connectivity index (χ3n) is 3.90. The number of hydrogen-bond donors (Lipinski definition) is 1. The molecule has 0 fully saturated rings. The number of hydrogen-bond acceptors (Lipinski definition) is 4. The van der Waals surface area contributed by atoms with Crippen LogP contribution in [0.15, 0.2) is 53.5 Å². The van der Waals surface area contributed by atoms with Crippen LogP contribution in [0.4, 0.5) is 0 Å². The number of guanidine groups is 1. The van der Waals surface area contributed by atoms with E-state index in [2.05, 4.69) is 10.3 Å². The van der Waals surface area contributed by atoms with Gasteiger partial charge in [0, 0.05) is 20.6 Å². The van der Waals surface area contributed by atoms with Crippen LogP contribution in [-0.2, 0) is 6.54 Å². The Balaban J connectivity index is 0.00000243. The Morgan fingerprint density at radius 3 is 2.69 bits per heavy atom. The Morgan fingerprint density at radius 1 is 1.15 bits per heavy atom. The molecule has 0 spiro atoms. The van der Waals surface area contributed by atoms with Gasteiger partial charge in [0.1, 0.15) is 12.4 Å². The van der Waals surface area contributed by atoms with E-state index in [4.69, 9.17) is 14.2 Å². The lowest BCUT2D eigenvalue weighted by Crippen LogP contribution is -2.40. The van der Waals surface area contributed by atoms with Crippen molar-refractivity contribution in [2.75, 3.05) is 34.0 Å². The van der Waals surface area contributed by atoms with Gasteiger partial charge in [-0.3, -0.25) is 4.99 Å². The lowest BCUT2D eigenvalue weighted by atomic mass is 10.2. The number of ether oxygens (including phenoxy) is 3. The second-order valence-corrected chi connectivity index (χ2v) is 5.67. The maximum atomic E-state index is 5.73. The smallest absolute Gasteiger partial charge is 0.231 e. The molecule has 0 bridgehead atoms. The largest absolute Gasteiger partial charge is 0.492 e. The van der Waals surface area contributed by atoms with Gasteiger partial charge in [-0.25, -0.2) is 0 Å². The highest BCUT2D eigenvalue weighted by Crippen LogP contribution is 2.32. The fraction of sp³-hybridized carbons (Fsp3) is 0.316. The summed E-state index contributed by atoms with van der Waals surface area (Å²) in [5.74, 6) is 3.27. The number of nitrogens with zero attached hydrogens (tertiary/aromatic N) is 2. The van der Waals surface area contributed by atoms with Gasteiger partial charge in [0.05, 0.1) is 6.54 Å². The van der Waals surface area contributed by atoms with E-state index in [1.807, 2.05) is 60.5 Å². The van der Waals surface area contributed by atoms with Gasteiger partial charge in [-0.15, -0.1) is 24.0 Å². The standard InChI is InChI=1S/C19H23N3O3.HI/c1-20-19(22(2)10-11-23-16-6-4-3-5-7-16)21-13-15-8-9-17-18(12-15)25-14-24-17;/h3-9,12H,10-11,13-14H2,1-2H3,(H,20,21);1H. The number of halogens is 1. The lowest BCUT2D eigenvalue weighted by molar-refractivity contribution is 0.174. The molecular weight excluding hydrogens is 445 g/mol. The Kier molecular flexibility index (Phi) is 7.83. The summed E-state index contributed by atoms with van der Waals surface area (Å²) < 4.78 is 16.5. The van der Waals surface area contributed by atoms with Crippen LogP contribution in [0.2, 0.25) is 0 Å². The van der Waals surface area contributed by atoms with Crippen molar-refractivity contribution in [3.63, 3.8) is 0 Å². The van der Waals surface area contributed by atoms with Gasteiger partial charge in [0.2, 0.25) is 6.79 Å². The number of likely N-dealkylation sites (N-methyl/N-ethyl adjacent to an activating group) is 1. The van der Waals surface area contributed by atoms with Crippen LogP contribution in [-0.4, -0.2) is 44.9 Å². The van der Waals surface area contributed by atoms with Gasteiger partial charge in [0.25, 0.3) is 0 Å². The average molecular weight is 469 g/mol. The predicted octanol–water partition coefficient (Wildman–Crippen LogP) is 3.12. The van der Waals surface area contributed by atoms with Crippen molar-refractivity contribution in [2.24, 2.45) is 4.99 Å². The molecule has 0 atom stereocenters. The summed E-state index contributed by atoms with van der Waals surface area (Å²) >= 11 is 0. The molecule has 1 aliphatic rings. The van der Waals surface area contributed by atoms with Crippen molar-refractivity contribution < 1.29 is 14.2 Å². The molecule has 6 nitrogen and oxygen atoms in total. The Hall–Kier alpha value is -2.16. The van der Waals surface area contributed by atoms with Gasteiger partial charge in [-0.05, 0) is 29.8 Å². The zero-order valence-electron chi connectivity index (χ0n) is 15.0. The van der Waals surface area contributed by atoms with Gasteiger partial charge in [-0.1, -0.05) is 24.3 Å². The third kappa shape index (κ3) is 5.42. The summed E-state index contributed by atoms with van der Waals surface area (Å²) in [6, 6.07) is 15.7. The molecule has 1 aliphatic heterocycles. The van der Waals surface area contributed by atoms with Crippen molar-refractivity contribution in [2.45, 2.75) is 6.54 Å². The topological polar surface area (TPSA) is 55.3 Å². The van der Waals surface area contributed by atoms with Crippen molar-refractivity contribution in [1.29, 1.82) is 0 Å². The first-order valence-corrected chi connectivity index (χ1v) is 8.24. The van der Waals surface area contributed by atoms with Gasteiger partial charge >= 0.3 is 0 Å². The molecule has 0 aromatic heterocycles. The van der Waals surface area contributed by atoms with E-state index in [0.29, 0.717) is 13.2 Å². The molecule has 0 aliphatic carbocycles. The SMILES string of the molecule is CN=C(NCc1ccc2c(c1)OCO2)N(C)CCOc1ccccc1.I. The molecule has 0 saturated carbocycles.